The molecule has 7 heteroatoms. The van der Waals surface area contributed by atoms with Crippen LogP contribution in [0.2, 0.25) is 0 Å². The summed E-state index contributed by atoms with van der Waals surface area (Å²) in [5.74, 6) is -0.574. The maximum atomic E-state index is 11.3. The summed E-state index contributed by atoms with van der Waals surface area (Å²) in [6, 6.07) is 2.89. The number of carbonyl (C=O) groups excluding carboxylic acids is 1. The zero-order chi connectivity index (χ0) is 13.5. The Labute approximate surface area is 105 Å². The van der Waals surface area contributed by atoms with Crippen molar-refractivity contribution in [2.45, 2.75) is 13.3 Å². The van der Waals surface area contributed by atoms with Crippen molar-refractivity contribution in [2.75, 3.05) is 25.1 Å². The smallest absolute Gasteiger partial charge is 0.363 e. The third-order valence-electron chi connectivity index (χ3n) is 2.33. The lowest BCUT2D eigenvalue weighted by Gasteiger charge is -2.21. The van der Waals surface area contributed by atoms with Crippen molar-refractivity contribution in [3.8, 4) is 0 Å². The van der Waals surface area contributed by atoms with E-state index in [1.807, 2.05) is 6.92 Å². The second-order valence-corrected chi connectivity index (χ2v) is 3.63. The Kier molecular flexibility index (Phi) is 5.04. The first-order valence-corrected chi connectivity index (χ1v) is 5.50. The van der Waals surface area contributed by atoms with Gasteiger partial charge in [0, 0.05) is 12.6 Å². The van der Waals surface area contributed by atoms with Gasteiger partial charge >= 0.3 is 11.8 Å². The van der Waals surface area contributed by atoms with Crippen LogP contribution in [0.4, 0.5) is 11.5 Å². The van der Waals surface area contributed by atoms with Gasteiger partial charge in [0.05, 0.1) is 12.8 Å². The summed E-state index contributed by atoms with van der Waals surface area (Å²) < 4.78 is 4.60. The Morgan fingerprint density at radius 1 is 1.56 bits per heavy atom. The second kappa shape index (κ2) is 6.53. The lowest BCUT2D eigenvalue weighted by molar-refractivity contribution is -0.389. The van der Waals surface area contributed by atoms with Gasteiger partial charge in [0.1, 0.15) is 6.54 Å². The van der Waals surface area contributed by atoms with E-state index in [1.165, 1.54) is 19.4 Å². The number of nitro groups is 1. The first-order chi connectivity index (χ1) is 8.58. The summed E-state index contributed by atoms with van der Waals surface area (Å²) in [5, 5.41) is 10.5. The van der Waals surface area contributed by atoms with Crippen LogP contribution in [-0.4, -0.2) is 36.1 Å². The fourth-order valence-electron chi connectivity index (χ4n) is 1.46. The van der Waals surface area contributed by atoms with Crippen LogP contribution in [0.5, 0.6) is 0 Å². The zero-order valence-electron chi connectivity index (χ0n) is 10.3. The van der Waals surface area contributed by atoms with E-state index in [-0.39, 0.29) is 18.3 Å². The van der Waals surface area contributed by atoms with E-state index < -0.39 is 4.92 Å². The average Bonchev–Trinajstić information content (AvgIpc) is 2.38. The van der Waals surface area contributed by atoms with Crippen molar-refractivity contribution in [1.29, 1.82) is 0 Å². The number of nitrogens with zero attached hydrogens (tertiary/aromatic N) is 3. The number of ether oxygens (including phenoxy) is 1. The number of hydrogen-bond donors (Lipinski definition) is 0. The third-order valence-corrected chi connectivity index (χ3v) is 2.33. The predicted molar refractivity (Wildman–Crippen MR) is 65.4 cm³/mol. The minimum Gasteiger partial charge on any atom is -0.468 e. The fourth-order valence-corrected chi connectivity index (χ4v) is 1.46. The van der Waals surface area contributed by atoms with E-state index in [9.17, 15) is 14.9 Å². The summed E-state index contributed by atoms with van der Waals surface area (Å²) in [6.45, 7) is 2.72. The summed E-state index contributed by atoms with van der Waals surface area (Å²) in [5.41, 5.74) is 0.660. The Bertz CT molecular complexity index is 419. The van der Waals surface area contributed by atoms with Gasteiger partial charge in [0.2, 0.25) is 0 Å². The largest absolute Gasteiger partial charge is 0.468 e. The van der Waals surface area contributed by atoms with E-state index in [1.54, 1.807) is 11.0 Å². The third kappa shape index (κ3) is 3.69. The van der Waals surface area contributed by atoms with Gasteiger partial charge in [0.25, 0.3) is 0 Å². The molecule has 0 fully saturated rings. The molecule has 1 aromatic rings. The number of carbonyl (C=O) groups is 1. The van der Waals surface area contributed by atoms with E-state index in [0.29, 0.717) is 12.2 Å². The Hall–Kier alpha value is -2.18. The molecular formula is C11H15N3O4. The highest BCUT2D eigenvalue weighted by atomic mass is 16.6. The Morgan fingerprint density at radius 3 is 2.72 bits per heavy atom. The highest BCUT2D eigenvalue weighted by Crippen LogP contribution is 2.16. The molecule has 1 heterocycles. The molecule has 7 nitrogen and oxygen atoms in total. The molecule has 0 aliphatic heterocycles. The molecule has 0 aliphatic carbocycles. The summed E-state index contributed by atoms with van der Waals surface area (Å²) in [6.07, 6.45) is 2.23. The van der Waals surface area contributed by atoms with Crippen LogP contribution < -0.4 is 4.90 Å². The van der Waals surface area contributed by atoms with Crippen molar-refractivity contribution in [3.05, 3.63) is 28.4 Å². The number of pyridine rings is 1. The predicted octanol–water partition coefficient (Wildman–Crippen LogP) is 1.38. The number of esters is 1. The van der Waals surface area contributed by atoms with Gasteiger partial charge in [0.15, 0.2) is 6.20 Å². The molecule has 0 spiro atoms. The topological polar surface area (TPSA) is 85.6 Å². The first kappa shape index (κ1) is 13.9. The lowest BCUT2D eigenvalue weighted by Crippen LogP contribution is -2.31. The molecule has 0 atom stereocenters. The maximum absolute atomic E-state index is 11.3. The number of anilines is 1. The summed E-state index contributed by atoms with van der Waals surface area (Å²) in [7, 11) is 1.32. The minimum atomic E-state index is -0.561. The molecule has 1 aromatic heterocycles. The number of rotatable bonds is 6. The Balaban J connectivity index is 2.84. The van der Waals surface area contributed by atoms with E-state index in [4.69, 9.17) is 0 Å². The van der Waals surface area contributed by atoms with Gasteiger partial charge in [-0.25, -0.2) is 0 Å². The molecular weight excluding hydrogens is 238 g/mol. The van der Waals surface area contributed by atoms with Crippen LogP contribution in [0.1, 0.15) is 13.3 Å². The van der Waals surface area contributed by atoms with Crippen LogP contribution in [0.25, 0.3) is 0 Å². The number of methoxy groups -OCH3 is 1. The molecule has 0 bridgehead atoms. The molecule has 0 saturated heterocycles. The average molecular weight is 253 g/mol. The van der Waals surface area contributed by atoms with Crippen LogP contribution >= 0.6 is 0 Å². The van der Waals surface area contributed by atoms with Crippen LogP contribution in [-0.2, 0) is 9.53 Å². The molecule has 0 radical (unpaired) electrons. The number of aromatic nitrogens is 1. The van der Waals surface area contributed by atoms with E-state index in [2.05, 4.69) is 9.72 Å². The molecule has 0 saturated carbocycles. The highest BCUT2D eigenvalue weighted by molar-refractivity contribution is 5.75. The standard InChI is InChI=1S/C11H15N3O4/c1-3-6-13(8-11(15)18-2)9-4-5-10(12-7-9)14(16)17/h4-5,7H,3,6,8H2,1-2H3. The molecule has 98 valence electrons. The van der Waals surface area contributed by atoms with E-state index in [0.717, 1.165) is 6.42 Å². The van der Waals surface area contributed by atoms with Gasteiger partial charge in [-0.2, -0.15) is 0 Å². The van der Waals surface area contributed by atoms with Gasteiger partial charge in [-0.05, 0) is 22.4 Å². The quantitative estimate of drug-likeness (QED) is 0.432. The van der Waals surface area contributed by atoms with Crippen molar-refractivity contribution in [1.82, 2.24) is 4.98 Å². The first-order valence-electron chi connectivity index (χ1n) is 5.50. The highest BCUT2D eigenvalue weighted by Gasteiger charge is 2.14. The molecule has 0 unspecified atom stereocenters. The Morgan fingerprint density at radius 2 is 2.28 bits per heavy atom. The number of hydrogen-bond acceptors (Lipinski definition) is 6. The van der Waals surface area contributed by atoms with Crippen LogP contribution in [0.3, 0.4) is 0 Å². The molecule has 0 amide bonds. The molecule has 0 aromatic carbocycles. The van der Waals surface area contributed by atoms with Crippen molar-refractivity contribution in [3.63, 3.8) is 0 Å². The van der Waals surface area contributed by atoms with Gasteiger partial charge < -0.3 is 19.8 Å². The summed E-state index contributed by atoms with van der Waals surface area (Å²) >= 11 is 0. The molecule has 1 rings (SSSR count). The van der Waals surface area contributed by atoms with E-state index >= 15 is 0 Å². The minimum absolute atomic E-state index is 0.101. The van der Waals surface area contributed by atoms with Gasteiger partial charge in [-0.15, -0.1) is 0 Å². The lowest BCUT2D eigenvalue weighted by atomic mass is 10.3. The monoisotopic (exact) mass is 253 g/mol. The normalized spacial score (nSPS) is 9.89. The molecule has 0 aliphatic rings. The zero-order valence-corrected chi connectivity index (χ0v) is 10.3. The molecule has 0 N–H and O–H groups in total. The summed E-state index contributed by atoms with van der Waals surface area (Å²) in [4.78, 5) is 26.7. The fraction of sp³-hybridized carbons (Fsp3) is 0.455. The van der Waals surface area contributed by atoms with Crippen LogP contribution in [0.15, 0.2) is 18.3 Å². The molecule has 18 heavy (non-hydrogen) atoms. The van der Waals surface area contributed by atoms with Crippen molar-refractivity contribution in [2.24, 2.45) is 0 Å². The maximum Gasteiger partial charge on any atom is 0.363 e. The van der Waals surface area contributed by atoms with Crippen molar-refractivity contribution >= 4 is 17.5 Å². The van der Waals surface area contributed by atoms with Crippen LogP contribution in [0, 0.1) is 10.1 Å². The second-order valence-electron chi connectivity index (χ2n) is 3.63. The SMILES string of the molecule is CCCN(CC(=O)OC)c1ccc([N+](=O)[O-])nc1. The van der Waals surface area contributed by atoms with Crippen molar-refractivity contribution < 1.29 is 14.5 Å². The van der Waals surface area contributed by atoms with Gasteiger partial charge in [-0.1, -0.05) is 6.92 Å². The van der Waals surface area contributed by atoms with Gasteiger partial charge in [-0.3, -0.25) is 4.79 Å².